The van der Waals surface area contributed by atoms with Crippen LogP contribution >= 0.6 is 15.6 Å². The molecule has 0 aromatic heterocycles. The Morgan fingerprint density at radius 3 is 0.654 bits per heavy atom. The molecule has 0 saturated heterocycles. The fraction of sp³-hybridized carbons (Fsp3) is 0.953. The highest BCUT2D eigenvalue weighted by atomic mass is 31.2. The molecule has 0 bridgehead atoms. The van der Waals surface area contributed by atoms with Crippen LogP contribution in [0.4, 0.5) is 0 Å². The molecule has 0 aromatic carbocycles. The van der Waals surface area contributed by atoms with Crippen molar-refractivity contribution in [2.75, 3.05) is 39.6 Å². The van der Waals surface area contributed by atoms with E-state index in [1.54, 1.807) is 0 Å². The first kappa shape index (κ1) is 102. The van der Waals surface area contributed by atoms with E-state index in [0.717, 1.165) is 102 Å². The number of phosphoric ester groups is 2. The molecule has 0 rings (SSSR count). The second-order valence-corrected chi connectivity index (χ2v) is 34.4. The van der Waals surface area contributed by atoms with Crippen molar-refractivity contribution >= 4 is 39.5 Å². The number of aliphatic hydroxyl groups is 1. The van der Waals surface area contributed by atoms with Gasteiger partial charge in [-0.1, -0.05) is 401 Å². The third kappa shape index (κ3) is 78.2. The Bertz CT molecular complexity index is 1990. The Labute approximate surface area is 638 Å². The van der Waals surface area contributed by atoms with Gasteiger partial charge in [0.05, 0.1) is 26.4 Å². The molecule has 0 aliphatic rings. The van der Waals surface area contributed by atoms with Crippen molar-refractivity contribution in [1.82, 2.24) is 0 Å². The number of esters is 4. The Balaban J connectivity index is 5.23. The molecule has 0 aromatic rings. The Morgan fingerprint density at radius 2 is 0.442 bits per heavy atom. The molecule has 0 fully saturated rings. The zero-order valence-corrected chi connectivity index (χ0v) is 70.1. The third-order valence-electron chi connectivity index (χ3n) is 20.0. The number of carbonyl (C=O) groups excluding carboxylic acids is 4. The average Bonchev–Trinajstić information content (AvgIpc) is 0.915. The largest absolute Gasteiger partial charge is 0.472 e. The predicted molar refractivity (Wildman–Crippen MR) is 428 cm³/mol. The summed E-state index contributed by atoms with van der Waals surface area (Å²) in [6.07, 6.45) is 68.1. The molecule has 0 aliphatic carbocycles. The van der Waals surface area contributed by atoms with Crippen LogP contribution in [0.25, 0.3) is 0 Å². The fourth-order valence-electron chi connectivity index (χ4n) is 13.2. The molecule has 0 amide bonds. The second kappa shape index (κ2) is 76.4. The summed E-state index contributed by atoms with van der Waals surface area (Å²) in [5.74, 6) is -0.602. The van der Waals surface area contributed by atoms with Gasteiger partial charge in [0.15, 0.2) is 12.2 Å². The normalized spacial score (nSPS) is 13.8. The van der Waals surface area contributed by atoms with Gasteiger partial charge in [0.2, 0.25) is 0 Å². The van der Waals surface area contributed by atoms with Gasteiger partial charge in [0.1, 0.15) is 19.3 Å². The fourth-order valence-corrected chi connectivity index (χ4v) is 14.8. The van der Waals surface area contributed by atoms with Crippen LogP contribution < -0.4 is 0 Å². The first-order chi connectivity index (χ1) is 50.4. The molecule has 0 heterocycles. The molecular formula is C85H166O17P2. The lowest BCUT2D eigenvalue weighted by molar-refractivity contribution is -0.161. The maximum Gasteiger partial charge on any atom is 0.472 e. The second-order valence-electron chi connectivity index (χ2n) is 31.5. The number of hydrogen-bond donors (Lipinski definition) is 3. The van der Waals surface area contributed by atoms with E-state index in [0.29, 0.717) is 25.7 Å². The minimum Gasteiger partial charge on any atom is -0.462 e. The molecular weight excluding hydrogens is 1350 g/mol. The molecule has 17 nitrogen and oxygen atoms in total. The highest BCUT2D eigenvalue weighted by molar-refractivity contribution is 7.47. The van der Waals surface area contributed by atoms with E-state index >= 15 is 0 Å². The van der Waals surface area contributed by atoms with Crippen molar-refractivity contribution in [1.29, 1.82) is 0 Å². The van der Waals surface area contributed by atoms with Crippen molar-refractivity contribution in [3.8, 4) is 0 Å². The minimum absolute atomic E-state index is 0.107. The van der Waals surface area contributed by atoms with Gasteiger partial charge in [0.25, 0.3) is 0 Å². The Kier molecular flexibility index (Phi) is 75.0. The van der Waals surface area contributed by atoms with Gasteiger partial charge >= 0.3 is 39.5 Å². The van der Waals surface area contributed by atoms with Crippen LogP contribution in [0.1, 0.15) is 452 Å². The highest BCUT2D eigenvalue weighted by Crippen LogP contribution is 2.45. The van der Waals surface area contributed by atoms with Crippen molar-refractivity contribution in [3.05, 3.63) is 0 Å². The summed E-state index contributed by atoms with van der Waals surface area (Å²) in [5.41, 5.74) is 0. The van der Waals surface area contributed by atoms with Crippen LogP contribution in [-0.2, 0) is 65.4 Å². The summed E-state index contributed by atoms with van der Waals surface area (Å²) in [6.45, 7) is 9.63. The first-order valence-electron chi connectivity index (χ1n) is 44.0. The van der Waals surface area contributed by atoms with Crippen LogP contribution in [0.2, 0.25) is 0 Å². The Hall–Kier alpha value is -1.94. The Morgan fingerprint density at radius 1 is 0.260 bits per heavy atom. The van der Waals surface area contributed by atoms with Crippen molar-refractivity contribution in [3.63, 3.8) is 0 Å². The molecule has 19 heteroatoms. The summed E-state index contributed by atoms with van der Waals surface area (Å²) >= 11 is 0. The van der Waals surface area contributed by atoms with E-state index in [4.69, 9.17) is 37.0 Å². The van der Waals surface area contributed by atoms with Crippen molar-refractivity contribution in [2.24, 2.45) is 11.8 Å². The molecule has 104 heavy (non-hydrogen) atoms. The summed E-state index contributed by atoms with van der Waals surface area (Å²) in [5, 5.41) is 10.7. The number of carbonyl (C=O) groups is 4. The van der Waals surface area contributed by atoms with E-state index in [2.05, 4.69) is 41.5 Å². The summed E-state index contributed by atoms with van der Waals surface area (Å²) in [4.78, 5) is 73.2. The van der Waals surface area contributed by atoms with Crippen molar-refractivity contribution in [2.45, 2.75) is 471 Å². The van der Waals surface area contributed by atoms with Gasteiger partial charge in [-0.05, 0) is 37.5 Å². The van der Waals surface area contributed by atoms with E-state index in [-0.39, 0.29) is 25.7 Å². The lowest BCUT2D eigenvalue weighted by atomic mass is 10.0. The van der Waals surface area contributed by atoms with Crippen molar-refractivity contribution < 1.29 is 80.2 Å². The maximum absolute atomic E-state index is 13.1. The van der Waals surface area contributed by atoms with Gasteiger partial charge in [0, 0.05) is 25.7 Å². The van der Waals surface area contributed by atoms with Gasteiger partial charge in [-0.25, -0.2) is 9.13 Å². The van der Waals surface area contributed by atoms with Gasteiger partial charge in [-0.2, -0.15) is 0 Å². The van der Waals surface area contributed by atoms with Crippen LogP contribution in [0, 0.1) is 11.8 Å². The monoisotopic (exact) mass is 1520 g/mol. The number of aliphatic hydroxyl groups excluding tert-OH is 1. The molecule has 2 unspecified atom stereocenters. The van der Waals surface area contributed by atoms with E-state index < -0.39 is 97.5 Å². The van der Waals surface area contributed by atoms with Crippen LogP contribution in [-0.4, -0.2) is 96.7 Å². The molecule has 0 spiro atoms. The molecule has 0 aliphatic heterocycles. The smallest absolute Gasteiger partial charge is 0.462 e. The molecule has 0 saturated carbocycles. The number of phosphoric acid groups is 2. The first-order valence-corrected chi connectivity index (χ1v) is 47.0. The molecule has 3 N–H and O–H groups in total. The third-order valence-corrected chi connectivity index (χ3v) is 21.9. The summed E-state index contributed by atoms with van der Waals surface area (Å²) < 4.78 is 68.9. The van der Waals surface area contributed by atoms with Gasteiger partial charge in [-0.15, -0.1) is 0 Å². The molecule has 618 valence electrons. The van der Waals surface area contributed by atoms with Crippen LogP contribution in [0.5, 0.6) is 0 Å². The number of ether oxygens (including phenoxy) is 4. The molecule has 5 atom stereocenters. The standard InChI is InChI=1S/C85H166O17P2/c1-7-9-11-13-15-17-19-21-23-25-26-27-28-29-30-32-34-39-43-51-57-63-69-84(89)101-80(73-95-82(87)67-61-55-49-42-38-33-31-24-22-20-18-16-14-12-10-8-2)75-99-103(91,92)97-71-79(86)72-98-104(93,94)100-76-81(74-96-83(88)68-62-56-50-46-45-48-54-60-66-78(5)6)102-85(90)70-64-58-52-44-40-36-35-37-41-47-53-59-65-77(3)4/h77-81,86H,7-76H2,1-6H3,(H,91,92)(H,93,94)/t79-,80-,81-/m1/s1. The number of rotatable bonds is 84. The SMILES string of the molecule is CCCCCCCCCCCCCCCCCCCCCCCCC(=O)O[C@H](COC(=O)CCCCCCCCCCCCCCCCCC)COP(=O)(O)OC[C@@H](O)COP(=O)(O)OC[C@@H](COC(=O)CCCCCCCCCCC(C)C)OC(=O)CCCCCCCCCCCCCCC(C)C. The summed E-state index contributed by atoms with van der Waals surface area (Å²) in [6, 6.07) is 0. The van der Waals surface area contributed by atoms with E-state index in [9.17, 15) is 43.2 Å². The zero-order chi connectivity index (χ0) is 76.4. The zero-order valence-electron chi connectivity index (χ0n) is 68.3. The van der Waals surface area contributed by atoms with E-state index in [1.807, 2.05) is 0 Å². The lowest BCUT2D eigenvalue weighted by Gasteiger charge is -2.21. The summed E-state index contributed by atoms with van der Waals surface area (Å²) in [7, 11) is -9.93. The number of hydrogen-bond acceptors (Lipinski definition) is 15. The lowest BCUT2D eigenvalue weighted by Crippen LogP contribution is -2.30. The maximum atomic E-state index is 13.1. The van der Waals surface area contributed by atoms with Gasteiger partial charge < -0.3 is 33.8 Å². The van der Waals surface area contributed by atoms with Crippen LogP contribution in [0.15, 0.2) is 0 Å². The number of unbranched alkanes of at least 4 members (excludes halogenated alkanes) is 54. The van der Waals surface area contributed by atoms with E-state index in [1.165, 1.54) is 270 Å². The average molecular weight is 1520 g/mol. The topological polar surface area (TPSA) is 237 Å². The quantitative estimate of drug-likeness (QED) is 0.0222. The highest BCUT2D eigenvalue weighted by Gasteiger charge is 2.30. The van der Waals surface area contributed by atoms with Gasteiger partial charge in [-0.3, -0.25) is 37.3 Å². The molecule has 0 radical (unpaired) electrons. The predicted octanol–water partition coefficient (Wildman–Crippen LogP) is 25.8. The minimum atomic E-state index is -4.96. The van der Waals surface area contributed by atoms with Crippen LogP contribution in [0.3, 0.4) is 0 Å².